The second-order valence-corrected chi connectivity index (χ2v) is 7.29. The van der Waals surface area contributed by atoms with Gasteiger partial charge in [-0.15, -0.1) is 0 Å². The molecule has 9 heteroatoms. The van der Waals surface area contributed by atoms with E-state index in [4.69, 9.17) is 0 Å². The number of aromatic nitrogens is 4. The monoisotopic (exact) mass is 447 g/mol. The number of benzene rings is 3. The highest BCUT2D eigenvalue weighted by Gasteiger charge is 2.40. The van der Waals surface area contributed by atoms with Gasteiger partial charge in [0, 0.05) is 11.3 Å². The largest absolute Gasteiger partial charge is 0.434 e. The van der Waals surface area contributed by atoms with E-state index in [1.807, 2.05) is 24.3 Å². The van der Waals surface area contributed by atoms with Gasteiger partial charge in [0.1, 0.15) is 5.82 Å². The van der Waals surface area contributed by atoms with Crippen molar-refractivity contribution in [3.63, 3.8) is 0 Å². The number of hydrogen-bond donors (Lipinski definition) is 2. The first-order valence-electron chi connectivity index (χ1n) is 9.97. The summed E-state index contributed by atoms with van der Waals surface area (Å²) >= 11 is 0. The third-order valence-corrected chi connectivity index (χ3v) is 5.09. The molecule has 33 heavy (non-hydrogen) atoms. The van der Waals surface area contributed by atoms with Gasteiger partial charge in [0.05, 0.1) is 28.5 Å². The molecule has 0 fully saturated rings. The van der Waals surface area contributed by atoms with Gasteiger partial charge in [-0.2, -0.15) is 18.3 Å². The van der Waals surface area contributed by atoms with Crippen molar-refractivity contribution in [2.45, 2.75) is 6.18 Å². The van der Waals surface area contributed by atoms with Gasteiger partial charge in [-0.3, -0.25) is 4.79 Å². The Morgan fingerprint density at radius 3 is 2.30 bits per heavy atom. The Kier molecular flexibility index (Phi) is 4.93. The fourth-order valence-electron chi connectivity index (χ4n) is 3.55. The van der Waals surface area contributed by atoms with Crippen molar-refractivity contribution in [2.24, 2.45) is 0 Å². The number of nitrogens with zero attached hydrogens (tertiary/aromatic N) is 3. The Morgan fingerprint density at radius 1 is 0.909 bits per heavy atom. The summed E-state index contributed by atoms with van der Waals surface area (Å²) in [6.45, 7) is 0. The van der Waals surface area contributed by atoms with Crippen LogP contribution < -0.4 is 5.32 Å². The van der Waals surface area contributed by atoms with Crippen LogP contribution in [0.3, 0.4) is 0 Å². The molecule has 0 radical (unpaired) electrons. The molecule has 1 amide bonds. The minimum atomic E-state index is -4.77. The van der Waals surface area contributed by atoms with Gasteiger partial charge in [0.2, 0.25) is 0 Å². The lowest BCUT2D eigenvalue weighted by molar-refractivity contribution is -0.143. The van der Waals surface area contributed by atoms with E-state index >= 15 is 0 Å². The molecule has 0 spiro atoms. The van der Waals surface area contributed by atoms with Gasteiger partial charge in [0.15, 0.2) is 5.69 Å². The molecule has 5 rings (SSSR count). The van der Waals surface area contributed by atoms with Gasteiger partial charge in [0.25, 0.3) is 5.91 Å². The minimum Gasteiger partial charge on any atom is -0.338 e. The van der Waals surface area contributed by atoms with Crippen LogP contribution in [0.2, 0.25) is 0 Å². The average molecular weight is 447 g/mol. The Bertz CT molecular complexity index is 1400. The molecule has 0 atom stereocenters. The molecule has 2 aromatic heterocycles. The lowest BCUT2D eigenvalue weighted by Crippen LogP contribution is -2.20. The summed E-state index contributed by atoms with van der Waals surface area (Å²) in [6, 6.07) is 22.1. The Morgan fingerprint density at radius 2 is 1.61 bits per heavy atom. The Hall–Kier alpha value is -4.40. The van der Waals surface area contributed by atoms with Crippen molar-refractivity contribution in [2.75, 3.05) is 5.32 Å². The fraction of sp³-hybridized carbons (Fsp3) is 0.0417. The van der Waals surface area contributed by atoms with Gasteiger partial charge >= 0.3 is 6.18 Å². The number of H-pyrrole nitrogens is 1. The number of fused-ring (bicyclic) bond motifs is 1. The standard InChI is InChI=1S/C24H16F3N5O/c25-24(26,27)21-18(14-28-32(21)17-6-2-1-3-7-17)23(33)29-16-12-10-15(11-13-16)22-30-19-8-4-5-9-20(19)31-22/h1-14H,(H,29,33)(H,30,31). The molecule has 0 unspecified atom stereocenters. The van der Waals surface area contributed by atoms with Crippen molar-refractivity contribution < 1.29 is 18.0 Å². The molecule has 0 aliphatic rings. The molecule has 0 bridgehead atoms. The lowest BCUT2D eigenvalue weighted by atomic mass is 10.1. The lowest BCUT2D eigenvalue weighted by Gasteiger charge is -2.13. The molecule has 5 aromatic rings. The van der Waals surface area contributed by atoms with E-state index in [-0.39, 0.29) is 5.69 Å². The number of alkyl halides is 3. The number of aromatic amines is 1. The second kappa shape index (κ2) is 7.94. The van der Waals surface area contributed by atoms with Gasteiger partial charge in [-0.05, 0) is 48.5 Å². The number of imidazole rings is 1. The molecule has 6 nitrogen and oxygen atoms in total. The summed E-state index contributed by atoms with van der Waals surface area (Å²) in [5.74, 6) is -0.251. The van der Waals surface area contributed by atoms with Crippen LogP contribution >= 0.6 is 0 Å². The molecule has 0 saturated heterocycles. The topological polar surface area (TPSA) is 75.6 Å². The van der Waals surface area contributed by atoms with Crippen LogP contribution in [0.5, 0.6) is 0 Å². The second-order valence-electron chi connectivity index (χ2n) is 7.29. The van der Waals surface area contributed by atoms with Crippen LogP contribution in [-0.4, -0.2) is 25.7 Å². The average Bonchev–Trinajstić information content (AvgIpc) is 3.45. The molecule has 0 aliphatic heterocycles. The quantitative estimate of drug-likeness (QED) is 0.372. The normalized spacial score (nSPS) is 11.6. The third kappa shape index (κ3) is 3.96. The summed E-state index contributed by atoms with van der Waals surface area (Å²) in [5.41, 5.74) is 1.34. The van der Waals surface area contributed by atoms with Crippen LogP contribution in [0.1, 0.15) is 16.1 Å². The number of halogens is 3. The summed E-state index contributed by atoms with van der Waals surface area (Å²) in [6.07, 6.45) is -3.85. The van der Waals surface area contributed by atoms with Crippen LogP contribution in [-0.2, 0) is 6.18 Å². The number of nitrogens with one attached hydrogen (secondary N) is 2. The van der Waals surface area contributed by atoms with Crippen LogP contribution in [0.25, 0.3) is 28.1 Å². The number of anilines is 1. The molecule has 0 aliphatic carbocycles. The first-order chi connectivity index (χ1) is 15.9. The number of hydrogen-bond acceptors (Lipinski definition) is 3. The first kappa shape index (κ1) is 20.5. The predicted octanol–water partition coefficient (Wildman–Crippen LogP) is 5.69. The van der Waals surface area contributed by atoms with Crippen LogP contribution in [0.4, 0.5) is 18.9 Å². The summed E-state index contributed by atoms with van der Waals surface area (Å²) in [7, 11) is 0. The molecule has 0 saturated carbocycles. The Balaban J connectivity index is 1.41. The van der Waals surface area contributed by atoms with E-state index in [1.54, 1.807) is 42.5 Å². The summed E-state index contributed by atoms with van der Waals surface area (Å²) in [5, 5.41) is 6.33. The van der Waals surface area contributed by atoms with Crippen molar-refractivity contribution in [3.05, 3.63) is 96.3 Å². The van der Waals surface area contributed by atoms with Crippen molar-refractivity contribution >= 4 is 22.6 Å². The summed E-state index contributed by atoms with van der Waals surface area (Å²) in [4.78, 5) is 20.4. The Labute approximate surface area is 185 Å². The maximum absolute atomic E-state index is 13.8. The van der Waals surface area contributed by atoms with E-state index in [2.05, 4.69) is 20.4 Å². The van der Waals surface area contributed by atoms with Crippen molar-refractivity contribution in [1.29, 1.82) is 0 Å². The highest BCUT2D eigenvalue weighted by Crippen LogP contribution is 2.34. The minimum absolute atomic E-state index is 0.207. The maximum Gasteiger partial charge on any atom is 0.434 e. The zero-order valence-corrected chi connectivity index (χ0v) is 17.0. The highest BCUT2D eigenvalue weighted by molar-refractivity contribution is 6.05. The number of carbonyl (C=O) groups excluding carboxylic acids is 1. The van der Waals surface area contributed by atoms with E-state index in [0.717, 1.165) is 27.5 Å². The third-order valence-electron chi connectivity index (χ3n) is 5.09. The maximum atomic E-state index is 13.8. The number of carbonyl (C=O) groups is 1. The molecule has 2 N–H and O–H groups in total. The van der Waals surface area contributed by atoms with Crippen LogP contribution in [0.15, 0.2) is 85.1 Å². The summed E-state index contributed by atoms with van der Waals surface area (Å²) < 4.78 is 42.1. The molecular formula is C24H16F3N5O. The zero-order chi connectivity index (χ0) is 23.0. The number of para-hydroxylation sites is 3. The molecule has 164 valence electrons. The van der Waals surface area contributed by atoms with E-state index < -0.39 is 23.3 Å². The zero-order valence-electron chi connectivity index (χ0n) is 17.0. The van der Waals surface area contributed by atoms with Crippen molar-refractivity contribution in [3.8, 4) is 17.1 Å². The first-order valence-corrected chi connectivity index (χ1v) is 9.97. The van der Waals surface area contributed by atoms with E-state index in [1.165, 1.54) is 12.1 Å². The molecule has 2 heterocycles. The van der Waals surface area contributed by atoms with E-state index in [0.29, 0.717) is 11.5 Å². The molecule has 3 aromatic carbocycles. The smallest absolute Gasteiger partial charge is 0.338 e. The SMILES string of the molecule is O=C(Nc1ccc(-c2nc3ccccc3[nH]2)cc1)c1cnn(-c2ccccc2)c1C(F)(F)F. The van der Waals surface area contributed by atoms with Crippen LogP contribution in [0, 0.1) is 0 Å². The van der Waals surface area contributed by atoms with E-state index in [9.17, 15) is 18.0 Å². The van der Waals surface area contributed by atoms with Gasteiger partial charge in [-0.25, -0.2) is 9.67 Å². The predicted molar refractivity (Wildman–Crippen MR) is 118 cm³/mol. The number of amides is 1. The van der Waals surface area contributed by atoms with Crippen molar-refractivity contribution in [1.82, 2.24) is 19.7 Å². The highest BCUT2D eigenvalue weighted by atomic mass is 19.4. The van der Waals surface area contributed by atoms with Gasteiger partial charge < -0.3 is 10.3 Å². The fourth-order valence-corrected chi connectivity index (χ4v) is 3.55. The molecular weight excluding hydrogens is 431 g/mol. The van der Waals surface area contributed by atoms with Gasteiger partial charge in [-0.1, -0.05) is 30.3 Å². The number of rotatable bonds is 4.